The molecule has 0 radical (unpaired) electrons. The minimum atomic E-state index is -0.328. The van der Waals surface area contributed by atoms with Gasteiger partial charge in [-0.2, -0.15) is 5.10 Å². The Hall–Kier alpha value is -3.31. The molecule has 3 rings (SSSR count). The third-order valence-corrected chi connectivity index (χ3v) is 4.69. The monoisotopic (exact) mass is 422 g/mol. The number of hydrogen-bond donors (Lipinski definition) is 1. The van der Waals surface area contributed by atoms with Crippen molar-refractivity contribution in [1.29, 1.82) is 0 Å². The van der Waals surface area contributed by atoms with Gasteiger partial charge in [-0.1, -0.05) is 47.5 Å². The predicted octanol–water partition coefficient (Wildman–Crippen LogP) is 5.06. The van der Waals surface area contributed by atoms with Crippen molar-refractivity contribution < 1.29 is 14.3 Å². The maximum atomic E-state index is 11.9. The molecule has 6 heteroatoms. The molecule has 0 aliphatic carbocycles. The predicted molar refractivity (Wildman–Crippen MR) is 119 cm³/mol. The number of ether oxygens (including phenoxy) is 2. The average molecular weight is 423 g/mol. The van der Waals surface area contributed by atoms with Gasteiger partial charge in [0.05, 0.1) is 6.21 Å². The van der Waals surface area contributed by atoms with Crippen LogP contribution in [0.25, 0.3) is 0 Å². The maximum absolute atomic E-state index is 11.9. The number of aryl methyl sites for hydroxylation is 2. The van der Waals surface area contributed by atoms with Crippen LogP contribution in [0.15, 0.2) is 71.8 Å². The first-order valence-electron chi connectivity index (χ1n) is 9.49. The number of hydrazone groups is 1. The largest absolute Gasteiger partial charge is 0.489 e. The van der Waals surface area contributed by atoms with Crippen LogP contribution in [0.1, 0.15) is 22.3 Å². The molecule has 0 fully saturated rings. The van der Waals surface area contributed by atoms with Gasteiger partial charge < -0.3 is 9.47 Å². The normalized spacial score (nSPS) is 10.8. The Morgan fingerprint density at radius 3 is 2.53 bits per heavy atom. The number of carbonyl (C=O) groups excluding carboxylic acids is 1. The van der Waals surface area contributed by atoms with Crippen LogP contribution >= 0.6 is 11.6 Å². The number of rotatable bonds is 8. The van der Waals surface area contributed by atoms with Gasteiger partial charge in [-0.3, -0.25) is 4.79 Å². The molecule has 0 atom stereocenters. The van der Waals surface area contributed by atoms with Crippen molar-refractivity contribution in [2.24, 2.45) is 5.10 Å². The Kier molecular flexibility index (Phi) is 7.46. The third kappa shape index (κ3) is 6.36. The zero-order chi connectivity index (χ0) is 21.3. The number of nitrogens with one attached hydrogen (secondary N) is 1. The fourth-order valence-electron chi connectivity index (χ4n) is 2.74. The summed E-state index contributed by atoms with van der Waals surface area (Å²) < 4.78 is 11.3. The molecule has 0 spiro atoms. The van der Waals surface area contributed by atoms with E-state index in [1.54, 1.807) is 6.21 Å². The van der Waals surface area contributed by atoms with Gasteiger partial charge in [0, 0.05) is 10.6 Å². The lowest BCUT2D eigenvalue weighted by Crippen LogP contribution is -2.24. The number of nitrogens with zero attached hydrogens (tertiary/aromatic N) is 1. The van der Waals surface area contributed by atoms with E-state index in [4.69, 9.17) is 21.1 Å². The molecule has 0 saturated carbocycles. The molecule has 30 heavy (non-hydrogen) atoms. The van der Waals surface area contributed by atoms with Gasteiger partial charge in [0.15, 0.2) is 6.61 Å². The summed E-state index contributed by atoms with van der Waals surface area (Å²) in [4.78, 5) is 11.9. The molecule has 0 aliphatic rings. The zero-order valence-electron chi connectivity index (χ0n) is 16.9. The lowest BCUT2D eigenvalue weighted by Gasteiger charge is -2.08. The molecule has 0 heterocycles. The van der Waals surface area contributed by atoms with E-state index in [-0.39, 0.29) is 12.5 Å². The molecular weight excluding hydrogens is 400 g/mol. The second-order valence-corrected chi connectivity index (χ2v) is 7.21. The van der Waals surface area contributed by atoms with Gasteiger partial charge in [0.25, 0.3) is 5.91 Å². The second kappa shape index (κ2) is 10.5. The van der Waals surface area contributed by atoms with Crippen molar-refractivity contribution in [3.8, 4) is 11.5 Å². The first kappa shape index (κ1) is 21.4. The van der Waals surface area contributed by atoms with Crippen molar-refractivity contribution in [3.63, 3.8) is 0 Å². The van der Waals surface area contributed by atoms with Crippen LogP contribution in [0.2, 0.25) is 5.02 Å². The van der Waals surface area contributed by atoms with Gasteiger partial charge in [-0.05, 0) is 61.4 Å². The molecule has 5 nitrogen and oxygen atoms in total. The summed E-state index contributed by atoms with van der Waals surface area (Å²) in [6.07, 6.45) is 1.56. The van der Waals surface area contributed by atoms with Crippen molar-refractivity contribution in [2.45, 2.75) is 20.5 Å². The Bertz CT molecular complexity index is 1030. The van der Waals surface area contributed by atoms with E-state index in [2.05, 4.69) is 10.5 Å². The van der Waals surface area contributed by atoms with Crippen molar-refractivity contribution >= 4 is 23.7 Å². The van der Waals surface area contributed by atoms with E-state index in [9.17, 15) is 4.79 Å². The van der Waals surface area contributed by atoms with E-state index in [0.717, 1.165) is 28.0 Å². The van der Waals surface area contributed by atoms with Crippen LogP contribution in [-0.4, -0.2) is 18.7 Å². The fraction of sp³-hybridized carbons (Fsp3) is 0.167. The fourth-order valence-corrected chi connectivity index (χ4v) is 2.93. The van der Waals surface area contributed by atoms with Gasteiger partial charge >= 0.3 is 0 Å². The summed E-state index contributed by atoms with van der Waals surface area (Å²) in [5.74, 6) is 1.08. The first-order chi connectivity index (χ1) is 14.5. The summed E-state index contributed by atoms with van der Waals surface area (Å²) in [6.45, 7) is 4.25. The molecule has 1 amide bonds. The van der Waals surface area contributed by atoms with Crippen molar-refractivity contribution in [2.75, 3.05) is 6.61 Å². The molecule has 154 valence electrons. The second-order valence-electron chi connectivity index (χ2n) is 6.80. The minimum Gasteiger partial charge on any atom is -0.489 e. The lowest BCUT2D eigenvalue weighted by molar-refractivity contribution is -0.123. The number of hydrogen-bond acceptors (Lipinski definition) is 4. The molecule has 0 saturated heterocycles. The van der Waals surface area contributed by atoms with E-state index in [1.165, 1.54) is 0 Å². The highest BCUT2D eigenvalue weighted by Crippen LogP contribution is 2.19. The molecule has 0 unspecified atom stereocenters. The van der Waals surface area contributed by atoms with E-state index >= 15 is 0 Å². The number of benzene rings is 3. The average Bonchev–Trinajstić information content (AvgIpc) is 2.73. The van der Waals surface area contributed by atoms with Crippen LogP contribution in [0.5, 0.6) is 11.5 Å². The molecular formula is C24H23ClN2O3. The Labute approximate surface area is 181 Å². The van der Waals surface area contributed by atoms with Crippen molar-refractivity contribution in [3.05, 3.63) is 94.0 Å². The summed E-state index contributed by atoms with van der Waals surface area (Å²) in [5.41, 5.74) is 6.35. The number of halogens is 1. The summed E-state index contributed by atoms with van der Waals surface area (Å²) in [5, 5.41) is 4.64. The Morgan fingerprint density at radius 2 is 1.80 bits per heavy atom. The topological polar surface area (TPSA) is 59.9 Å². The van der Waals surface area contributed by atoms with Crippen LogP contribution in [-0.2, 0) is 11.4 Å². The Balaban J connectivity index is 1.44. The highest BCUT2D eigenvalue weighted by atomic mass is 35.5. The van der Waals surface area contributed by atoms with Crippen molar-refractivity contribution in [1.82, 2.24) is 5.43 Å². The highest BCUT2D eigenvalue weighted by molar-refractivity contribution is 6.31. The lowest BCUT2D eigenvalue weighted by atomic mass is 10.1. The molecule has 3 aromatic rings. The van der Waals surface area contributed by atoms with Crippen LogP contribution < -0.4 is 14.9 Å². The van der Waals surface area contributed by atoms with Crippen LogP contribution in [0, 0.1) is 13.8 Å². The van der Waals surface area contributed by atoms with E-state index in [1.807, 2.05) is 80.6 Å². The van der Waals surface area contributed by atoms with Gasteiger partial charge in [0.1, 0.15) is 18.1 Å². The molecule has 0 aromatic heterocycles. The summed E-state index contributed by atoms with van der Waals surface area (Å²) in [6, 6.07) is 20.8. The maximum Gasteiger partial charge on any atom is 0.277 e. The molecule has 0 aliphatic heterocycles. The zero-order valence-corrected chi connectivity index (χ0v) is 17.6. The quantitative estimate of drug-likeness (QED) is 0.407. The third-order valence-electron chi connectivity index (χ3n) is 4.32. The summed E-state index contributed by atoms with van der Waals surface area (Å²) >= 11 is 6.13. The van der Waals surface area contributed by atoms with E-state index in [0.29, 0.717) is 17.4 Å². The Morgan fingerprint density at radius 1 is 1.03 bits per heavy atom. The smallest absolute Gasteiger partial charge is 0.277 e. The standard InChI is InChI=1S/C24H23ClN2O3/c1-17-7-12-23(18(2)13-17)30-16-24(28)27-26-14-19-8-10-21(11-9-19)29-15-20-5-3-4-6-22(20)25/h3-14H,15-16H2,1-2H3,(H,27,28)/b26-14+. The van der Waals surface area contributed by atoms with Crippen LogP contribution in [0.4, 0.5) is 0 Å². The SMILES string of the molecule is Cc1ccc(OCC(=O)N/N=C/c2ccc(OCc3ccccc3Cl)cc2)c(C)c1. The molecule has 3 aromatic carbocycles. The number of carbonyl (C=O) groups is 1. The highest BCUT2D eigenvalue weighted by Gasteiger charge is 2.04. The number of amides is 1. The summed E-state index contributed by atoms with van der Waals surface area (Å²) in [7, 11) is 0. The van der Waals surface area contributed by atoms with Gasteiger partial charge in [0.2, 0.25) is 0 Å². The van der Waals surface area contributed by atoms with E-state index < -0.39 is 0 Å². The minimum absolute atomic E-state index is 0.101. The van der Waals surface area contributed by atoms with Crippen LogP contribution in [0.3, 0.4) is 0 Å². The molecule has 0 bridgehead atoms. The van der Waals surface area contributed by atoms with Gasteiger partial charge in [-0.25, -0.2) is 5.43 Å². The van der Waals surface area contributed by atoms with Gasteiger partial charge in [-0.15, -0.1) is 0 Å². The molecule has 1 N–H and O–H groups in total. The first-order valence-corrected chi connectivity index (χ1v) is 9.87.